The number of aromatic nitrogens is 4. The number of anilines is 3. The first kappa shape index (κ1) is 18.4. The van der Waals surface area contributed by atoms with Crippen molar-refractivity contribution in [1.82, 2.24) is 24.6 Å². The third kappa shape index (κ3) is 4.40. The quantitative estimate of drug-likeness (QED) is 0.636. The summed E-state index contributed by atoms with van der Waals surface area (Å²) in [7, 11) is 1.88. The van der Waals surface area contributed by atoms with E-state index in [9.17, 15) is 9.59 Å². The number of carbonyl (C=O) groups is 2. The Balaban J connectivity index is 1.77. The van der Waals surface area contributed by atoms with Crippen molar-refractivity contribution in [2.75, 3.05) is 23.7 Å². The Morgan fingerprint density at radius 3 is 2.89 bits per heavy atom. The second kappa shape index (κ2) is 7.85. The summed E-state index contributed by atoms with van der Waals surface area (Å²) in [4.78, 5) is 29.5. The molecular weight excluding hydrogens is 348 g/mol. The molecule has 0 saturated carbocycles. The molecule has 1 aliphatic rings. The van der Waals surface area contributed by atoms with Crippen LogP contribution in [0.1, 0.15) is 23.3 Å². The van der Waals surface area contributed by atoms with Gasteiger partial charge in [-0.15, -0.1) is 10.2 Å². The number of aryl methyl sites for hydroxylation is 1. The van der Waals surface area contributed by atoms with E-state index in [4.69, 9.17) is 5.73 Å². The molecule has 1 aliphatic heterocycles. The van der Waals surface area contributed by atoms with E-state index in [1.807, 2.05) is 30.1 Å². The summed E-state index contributed by atoms with van der Waals surface area (Å²) in [5.74, 6) is -0.339. The molecule has 0 aromatic carbocycles. The summed E-state index contributed by atoms with van der Waals surface area (Å²) >= 11 is 0. The number of hydrogen-bond donors (Lipinski definition) is 3. The predicted molar refractivity (Wildman–Crippen MR) is 100 cm³/mol. The van der Waals surface area contributed by atoms with Gasteiger partial charge >= 0.3 is 0 Å². The monoisotopic (exact) mass is 370 g/mol. The first-order valence-electron chi connectivity index (χ1n) is 8.57. The van der Waals surface area contributed by atoms with Crippen LogP contribution in [0, 0.1) is 0 Å². The van der Waals surface area contributed by atoms with E-state index in [0.29, 0.717) is 13.1 Å². The van der Waals surface area contributed by atoms with Gasteiger partial charge in [-0.1, -0.05) is 6.58 Å². The van der Waals surface area contributed by atoms with E-state index in [2.05, 4.69) is 32.4 Å². The van der Waals surface area contributed by atoms with Crippen LogP contribution in [0.2, 0.25) is 0 Å². The molecule has 1 atom stereocenters. The van der Waals surface area contributed by atoms with Crippen LogP contribution in [0.25, 0.3) is 0 Å². The molecule has 2 aromatic rings. The van der Waals surface area contributed by atoms with Gasteiger partial charge in [-0.25, -0.2) is 0 Å². The van der Waals surface area contributed by atoms with Crippen molar-refractivity contribution < 1.29 is 9.59 Å². The maximum atomic E-state index is 11.8. The molecule has 3 heterocycles. The molecule has 0 radical (unpaired) electrons. The molecule has 10 nitrogen and oxygen atoms in total. The van der Waals surface area contributed by atoms with Crippen LogP contribution in [0.15, 0.2) is 31.1 Å². The Morgan fingerprint density at radius 1 is 1.41 bits per heavy atom. The largest absolute Gasteiger partial charge is 0.364 e. The predicted octanol–water partition coefficient (Wildman–Crippen LogP) is 0.641. The van der Waals surface area contributed by atoms with Crippen LogP contribution in [-0.2, 0) is 11.8 Å². The number of nitrogens with two attached hydrogens (primary N) is 1. The first-order valence-corrected chi connectivity index (χ1v) is 8.57. The normalized spacial score (nSPS) is 16.6. The molecule has 4 N–H and O–H groups in total. The Bertz CT molecular complexity index is 862. The standard InChI is InChI=1S/C17H22N8O2/c1-3-13(26)25-7-4-5-11(10-25)20-17-21-16(14(15(18)27)22-23-17)19-12-6-8-24(2)9-12/h3,6,8-9,11H,1,4-5,7,10H2,2H3,(H2,18,27)(H2,19,20,21,23)/t11-/m1/s1. The lowest BCUT2D eigenvalue weighted by molar-refractivity contribution is -0.127. The van der Waals surface area contributed by atoms with Crippen molar-refractivity contribution in [3.8, 4) is 0 Å². The number of primary amides is 1. The van der Waals surface area contributed by atoms with Gasteiger partial charge in [-0.05, 0) is 25.0 Å². The van der Waals surface area contributed by atoms with Gasteiger partial charge in [0.2, 0.25) is 11.9 Å². The Kier molecular flexibility index (Phi) is 5.34. The second-order valence-corrected chi connectivity index (χ2v) is 6.36. The highest BCUT2D eigenvalue weighted by molar-refractivity contribution is 5.96. The van der Waals surface area contributed by atoms with Gasteiger partial charge in [0.1, 0.15) is 0 Å². The fraction of sp³-hybridized carbons (Fsp3) is 0.353. The van der Waals surface area contributed by atoms with E-state index in [1.165, 1.54) is 6.08 Å². The Labute approximate surface area is 156 Å². The van der Waals surface area contributed by atoms with Gasteiger partial charge in [0.15, 0.2) is 11.5 Å². The summed E-state index contributed by atoms with van der Waals surface area (Å²) in [6.45, 7) is 4.74. The average molecular weight is 370 g/mol. The molecule has 0 unspecified atom stereocenters. The molecule has 0 bridgehead atoms. The van der Waals surface area contributed by atoms with E-state index in [1.54, 1.807) is 4.90 Å². The number of carbonyl (C=O) groups excluding carboxylic acids is 2. The van der Waals surface area contributed by atoms with Crippen molar-refractivity contribution >= 4 is 29.3 Å². The minimum absolute atomic E-state index is 0.0200. The SMILES string of the molecule is C=CC(=O)N1CCC[C@@H](Nc2nnc(C(N)=O)c(Nc3ccn(C)c3)n2)C1. The topological polar surface area (TPSA) is 131 Å². The molecule has 142 valence electrons. The second-order valence-electron chi connectivity index (χ2n) is 6.36. The zero-order valence-electron chi connectivity index (χ0n) is 15.1. The maximum absolute atomic E-state index is 11.8. The molecule has 2 amide bonds. The number of hydrogen-bond acceptors (Lipinski definition) is 7. The third-order valence-corrected chi connectivity index (χ3v) is 4.26. The van der Waals surface area contributed by atoms with Crippen molar-refractivity contribution in [1.29, 1.82) is 0 Å². The number of nitrogens with zero attached hydrogens (tertiary/aromatic N) is 5. The summed E-state index contributed by atoms with van der Waals surface area (Å²) in [6.07, 6.45) is 6.72. The molecule has 0 aliphatic carbocycles. The molecule has 0 spiro atoms. The van der Waals surface area contributed by atoms with Gasteiger partial charge in [-0.2, -0.15) is 4.98 Å². The Morgan fingerprint density at radius 2 is 2.22 bits per heavy atom. The average Bonchev–Trinajstić information content (AvgIpc) is 3.06. The van der Waals surface area contributed by atoms with Crippen LogP contribution >= 0.6 is 0 Å². The summed E-state index contributed by atoms with van der Waals surface area (Å²) in [5.41, 5.74) is 6.07. The number of rotatable bonds is 6. The number of likely N-dealkylation sites (tertiary alicyclic amines) is 1. The summed E-state index contributed by atoms with van der Waals surface area (Å²) in [5, 5.41) is 14.1. The summed E-state index contributed by atoms with van der Waals surface area (Å²) in [6, 6.07) is 1.81. The van der Waals surface area contributed by atoms with E-state index in [0.717, 1.165) is 18.5 Å². The Hall–Kier alpha value is -3.43. The van der Waals surface area contributed by atoms with Gasteiger partial charge < -0.3 is 25.8 Å². The van der Waals surface area contributed by atoms with Crippen LogP contribution in [-0.4, -0.2) is 55.6 Å². The number of piperidine rings is 1. The van der Waals surface area contributed by atoms with Crippen molar-refractivity contribution in [2.45, 2.75) is 18.9 Å². The minimum atomic E-state index is -0.722. The highest BCUT2D eigenvalue weighted by atomic mass is 16.2. The minimum Gasteiger partial charge on any atom is -0.364 e. The number of amides is 2. The first-order chi connectivity index (χ1) is 13.0. The van der Waals surface area contributed by atoms with Crippen molar-refractivity contribution in [3.05, 3.63) is 36.8 Å². The lowest BCUT2D eigenvalue weighted by atomic mass is 10.1. The summed E-state index contributed by atoms with van der Waals surface area (Å²) < 4.78 is 1.85. The van der Waals surface area contributed by atoms with Gasteiger partial charge in [0, 0.05) is 38.6 Å². The highest BCUT2D eigenvalue weighted by Gasteiger charge is 2.23. The van der Waals surface area contributed by atoms with Crippen molar-refractivity contribution in [3.63, 3.8) is 0 Å². The van der Waals surface area contributed by atoms with E-state index in [-0.39, 0.29) is 29.4 Å². The van der Waals surface area contributed by atoms with Crippen LogP contribution in [0.5, 0.6) is 0 Å². The molecule has 27 heavy (non-hydrogen) atoms. The lowest BCUT2D eigenvalue weighted by Crippen LogP contribution is -2.44. The fourth-order valence-corrected chi connectivity index (χ4v) is 2.96. The van der Waals surface area contributed by atoms with Crippen molar-refractivity contribution in [2.24, 2.45) is 12.8 Å². The lowest BCUT2D eigenvalue weighted by Gasteiger charge is -2.32. The van der Waals surface area contributed by atoms with Gasteiger partial charge in [0.05, 0.1) is 5.69 Å². The third-order valence-electron chi connectivity index (χ3n) is 4.26. The van der Waals surface area contributed by atoms with Crippen LogP contribution in [0.3, 0.4) is 0 Å². The molecule has 3 rings (SSSR count). The zero-order chi connectivity index (χ0) is 19.4. The van der Waals surface area contributed by atoms with Crippen LogP contribution in [0.4, 0.5) is 17.5 Å². The molecule has 1 fully saturated rings. The zero-order valence-corrected chi connectivity index (χ0v) is 15.1. The molecule has 10 heteroatoms. The molecule has 1 saturated heterocycles. The fourth-order valence-electron chi connectivity index (χ4n) is 2.96. The van der Waals surface area contributed by atoms with Crippen LogP contribution < -0.4 is 16.4 Å². The van der Waals surface area contributed by atoms with E-state index < -0.39 is 5.91 Å². The maximum Gasteiger partial charge on any atom is 0.273 e. The van der Waals surface area contributed by atoms with E-state index >= 15 is 0 Å². The smallest absolute Gasteiger partial charge is 0.273 e. The van der Waals surface area contributed by atoms with Gasteiger partial charge in [0.25, 0.3) is 5.91 Å². The molecular formula is C17H22N8O2. The number of nitrogens with one attached hydrogen (secondary N) is 2. The molecule has 2 aromatic heterocycles. The van der Waals surface area contributed by atoms with Gasteiger partial charge in [-0.3, -0.25) is 9.59 Å². The highest BCUT2D eigenvalue weighted by Crippen LogP contribution is 2.20.